The molecule has 1 N–H and O–H groups in total. The maximum absolute atomic E-state index is 12.1. The van der Waals surface area contributed by atoms with Gasteiger partial charge in [-0.3, -0.25) is 9.59 Å². The lowest BCUT2D eigenvalue weighted by molar-refractivity contribution is -0.122. The highest BCUT2D eigenvalue weighted by atomic mass is 16.1. The zero-order chi connectivity index (χ0) is 18.5. The first kappa shape index (κ1) is 18.2. The molecule has 140 valence electrons. The van der Waals surface area contributed by atoms with Crippen LogP contribution in [-0.2, 0) is 11.8 Å². The fourth-order valence-corrected chi connectivity index (χ4v) is 3.26. The van der Waals surface area contributed by atoms with Crippen LogP contribution in [0.25, 0.3) is 0 Å². The molecular formula is C18H26N6O2. The smallest absolute Gasteiger partial charge is 0.268 e. The van der Waals surface area contributed by atoms with E-state index in [4.69, 9.17) is 0 Å². The van der Waals surface area contributed by atoms with E-state index in [1.807, 2.05) is 17.7 Å². The molecule has 8 nitrogen and oxygen atoms in total. The van der Waals surface area contributed by atoms with Crippen molar-refractivity contribution in [2.75, 3.05) is 24.5 Å². The third-order valence-corrected chi connectivity index (χ3v) is 5.04. The lowest BCUT2D eigenvalue weighted by Crippen LogP contribution is -2.39. The minimum atomic E-state index is -0.0936. The third kappa shape index (κ3) is 4.50. The van der Waals surface area contributed by atoms with Gasteiger partial charge < -0.3 is 14.8 Å². The van der Waals surface area contributed by atoms with Gasteiger partial charge >= 0.3 is 0 Å². The Morgan fingerprint density at radius 2 is 2.15 bits per heavy atom. The van der Waals surface area contributed by atoms with Crippen LogP contribution in [0.3, 0.4) is 0 Å². The lowest BCUT2D eigenvalue weighted by Gasteiger charge is -2.33. The second-order valence-electron chi connectivity index (χ2n) is 6.97. The Bertz CT molecular complexity index is 777. The molecule has 0 aromatic carbocycles. The Kier molecular flexibility index (Phi) is 5.70. The van der Waals surface area contributed by atoms with E-state index in [9.17, 15) is 9.59 Å². The Hall–Kier alpha value is -2.64. The number of nitrogens with zero attached hydrogens (tertiary/aromatic N) is 5. The molecule has 1 unspecified atom stereocenters. The van der Waals surface area contributed by atoms with Gasteiger partial charge in [-0.1, -0.05) is 0 Å². The van der Waals surface area contributed by atoms with E-state index in [-0.39, 0.29) is 17.5 Å². The summed E-state index contributed by atoms with van der Waals surface area (Å²) in [4.78, 5) is 30.1. The predicted molar refractivity (Wildman–Crippen MR) is 99.0 cm³/mol. The molecule has 1 aliphatic heterocycles. The molecule has 8 heteroatoms. The summed E-state index contributed by atoms with van der Waals surface area (Å²) in [5, 5.41) is 7.14. The highest BCUT2D eigenvalue weighted by Crippen LogP contribution is 2.21. The van der Waals surface area contributed by atoms with Gasteiger partial charge in [0.15, 0.2) is 0 Å². The molecule has 0 bridgehead atoms. The molecule has 0 aliphatic carbocycles. The summed E-state index contributed by atoms with van der Waals surface area (Å²) < 4.78 is 3.27. The van der Waals surface area contributed by atoms with E-state index in [0.29, 0.717) is 18.9 Å². The second kappa shape index (κ2) is 8.16. The zero-order valence-electron chi connectivity index (χ0n) is 15.3. The molecule has 2 aromatic heterocycles. The first-order valence-electron chi connectivity index (χ1n) is 9.05. The lowest BCUT2D eigenvalue weighted by atomic mass is 9.96. The van der Waals surface area contributed by atoms with Crippen molar-refractivity contribution in [3.63, 3.8) is 0 Å². The summed E-state index contributed by atoms with van der Waals surface area (Å²) in [6.45, 7) is 4.47. The summed E-state index contributed by atoms with van der Waals surface area (Å²) in [5.41, 5.74) is 0.786. The van der Waals surface area contributed by atoms with Crippen molar-refractivity contribution < 1.29 is 4.79 Å². The molecule has 1 amide bonds. The number of amides is 1. The van der Waals surface area contributed by atoms with Crippen molar-refractivity contribution in [3.05, 3.63) is 41.3 Å². The molecule has 3 rings (SSSR count). The second-order valence-corrected chi connectivity index (χ2v) is 6.97. The molecule has 1 saturated heterocycles. The SMILES string of the molecule is CC(CC(=O)NCC1CCN(c2cnn(C)c(=O)c2)CC1)n1ccnc1. The van der Waals surface area contributed by atoms with Crippen LogP contribution >= 0.6 is 0 Å². The number of aryl methyl sites for hydroxylation is 1. The van der Waals surface area contributed by atoms with E-state index >= 15 is 0 Å². The van der Waals surface area contributed by atoms with Gasteiger partial charge in [-0.2, -0.15) is 5.10 Å². The number of hydrogen-bond acceptors (Lipinski definition) is 5. The molecule has 3 heterocycles. The topological polar surface area (TPSA) is 85.0 Å². The van der Waals surface area contributed by atoms with E-state index in [1.165, 1.54) is 4.68 Å². The fourth-order valence-electron chi connectivity index (χ4n) is 3.26. The van der Waals surface area contributed by atoms with Crippen LogP contribution < -0.4 is 15.8 Å². The number of anilines is 1. The summed E-state index contributed by atoms with van der Waals surface area (Å²) in [5.74, 6) is 0.544. The molecule has 1 fully saturated rings. The highest BCUT2D eigenvalue weighted by molar-refractivity contribution is 5.76. The molecular weight excluding hydrogens is 332 g/mol. The van der Waals surface area contributed by atoms with E-state index < -0.39 is 0 Å². The van der Waals surface area contributed by atoms with E-state index in [2.05, 4.69) is 20.3 Å². The molecule has 0 radical (unpaired) electrons. The Morgan fingerprint density at radius 1 is 1.38 bits per heavy atom. The average molecular weight is 358 g/mol. The summed E-state index contributed by atoms with van der Waals surface area (Å²) in [6, 6.07) is 1.74. The van der Waals surface area contributed by atoms with Crippen molar-refractivity contribution in [1.29, 1.82) is 0 Å². The number of carbonyl (C=O) groups excluding carboxylic acids is 1. The quantitative estimate of drug-likeness (QED) is 0.831. The maximum Gasteiger partial charge on any atom is 0.268 e. The van der Waals surface area contributed by atoms with Crippen LogP contribution in [0, 0.1) is 5.92 Å². The van der Waals surface area contributed by atoms with Gasteiger partial charge in [0.25, 0.3) is 5.56 Å². The number of aromatic nitrogens is 4. The van der Waals surface area contributed by atoms with Crippen LogP contribution in [0.15, 0.2) is 35.8 Å². The Morgan fingerprint density at radius 3 is 2.81 bits per heavy atom. The number of piperidine rings is 1. The molecule has 0 spiro atoms. The molecule has 1 aliphatic rings. The first-order valence-corrected chi connectivity index (χ1v) is 9.05. The number of nitrogens with one attached hydrogen (secondary N) is 1. The van der Waals surface area contributed by atoms with Gasteiger partial charge in [-0.15, -0.1) is 0 Å². The molecule has 1 atom stereocenters. The molecule has 0 saturated carbocycles. The maximum atomic E-state index is 12.1. The van der Waals surface area contributed by atoms with Gasteiger partial charge in [0.1, 0.15) is 0 Å². The van der Waals surface area contributed by atoms with Crippen LogP contribution in [0.2, 0.25) is 0 Å². The van der Waals surface area contributed by atoms with Gasteiger partial charge in [-0.25, -0.2) is 9.67 Å². The Labute approximate surface area is 152 Å². The highest BCUT2D eigenvalue weighted by Gasteiger charge is 2.21. The fraction of sp³-hybridized carbons (Fsp3) is 0.556. The molecule has 26 heavy (non-hydrogen) atoms. The number of hydrogen-bond donors (Lipinski definition) is 1. The number of imidazole rings is 1. The first-order chi connectivity index (χ1) is 12.5. The summed E-state index contributed by atoms with van der Waals surface area (Å²) in [6.07, 6.45) is 9.51. The van der Waals surface area contributed by atoms with E-state index in [0.717, 1.165) is 31.6 Å². The third-order valence-electron chi connectivity index (χ3n) is 5.04. The summed E-state index contributed by atoms with van der Waals surface area (Å²) in [7, 11) is 1.65. The molecule has 2 aromatic rings. The zero-order valence-corrected chi connectivity index (χ0v) is 15.3. The number of carbonyl (C=O) groups is 1. The minimum Gasteiger partial charge on any atom is -0.370 e. The summed E-state index contributed by atoms with van der Waals surface area (Å²) >= 11 is 0. The average Bonchev–Trinajstić information content (AvgIpc) is 3.18. The normalized spacial score (nSPS) is 16.5. The van der Waals surface area contributed by atoms with Gasteiger partial charge in [-0.05, 0) is 25.7 Å². The van der Waals surface area contributed by atoms with Gasteiger partial charge in [0.2, 0.25) is 5.91 Å². The van der Waals surface area contributed by atoms with Crippen molar-refractivity contribution >= 4 is 11.6 Å². The van der Waals surface area contributed by atoms with Crippen molar-refractivity contribution in [1.82, 2.24) is 24.6 Å². The van der Waals surface area contributed by atoms with Crippen LogP contribution in [0.1, 0.15) is 32.2 Å². The van der Waals surface area contributed by atoms with Crippen molar-refractivity contribution in [3.8, 4) is 0 Å². The van der Waals surface area contributed by atoms with Crippen LogP contribution in [-0.4, -0.2) is 44.9 Å². The standard InChI is InChI=1S/C18H26N6O2/c1-14(24-8-5-19-13-24)9-17(25)20-11-15-3-6-23(7-4-15)16-10-18(26)22(2)21-12-16/h5,8,10,12-15H,3-4,6-7,9,11H2,1-2H3,(H,20,25). The minimum absolute atomic E-state index is 0.0735. The monoisotopic (exact) mass is 358 g/mol. The van der Waals surface area contributed by atoms with Gasteiger partial charge in [0, 0.05) is 57.6 Å². The van der Waals surface area contributed by atoms with E-state index in [1.54, 1.807) is 31.8 Å². The largest absolute Gasteiger partial charge is 0.370 e. The van der Waals surface area contributed by atoms with Crippen LogP contribution in [0.5, 0.6) is 0 Å². The van der Waals surface area contributed by atoms with Crippen LogP contribution in [0.4, 0.5) is 5.69 Å². The van der Waals surface area contributed by atoms with Crippen molar-refractivity contribution in [2.45, 2.75) is 32.2 Å². The Balaban J connectivity index is 1.42. The van der Waals surface area contributed by atoms with Crippen molar-refractivity contribution in [2.24, 2.45) is 13.0 Å². The number of rotatable bonds is 6. The van der Waals surface area contributed by atoms with Gasteiger partial charge in [0.05, 0.1) is 18.2 Å². The predicted octanol–water partition coefficient (Wildman–Crippen LogP) is 0.961.